The summed E-state index contributed by atoms with van der Waals surface area (Å²) in [4.78, 5) is 4.63. The van der Waals surface area contributed by atoms with E-state index in [1.165, 1.54) is 22.3 Å². The Morgan fingerprint density at radius 2 is 1.18 bits per heavy atom. The Kier molecular flexibility index (Phi) is 6.03. The third-order valence-electron chi connectivity index (χ3n) is 4.92. The predicted octanol–water partition coefficient (Wildman–Crippen LogP) is 5.45. The quantitative estimate of drug-likeness (QED) is 0.545. The molecule has 2 radical (unpaired) electrons. The summed E-state index contributed by atoms with van der Waals surface area (Å²) < 4.78 is 0. The van der Waals surface area contributed by atoms with Gasteiger partial charge in [0.25, 0.3) is 0 Å². The molecule has 0 bridgehead atoms. The molecule has 0 atom stereocenters. The molecule has 0 saturated carbocycles. The van der Waals surface area contributed by atoms with E-state index in [1.54, 1.807) is 0 Å². The molecule has 3 heteroatoms. The van der Waals surface area contributed by atoms with Crippen LogP contribution >= 0.6 is 0 Å². The lowest BCUT2D eigenvalue weighted by Gasteiger charge is -2.28. The first-order valence-corrected chi connectivity index (χ1v) is 9.77. The van der Waals surface area contributed by atoms with Gasteiger partial charge in [0.05, 0.1) is 24.5 Å². The average molecular weight is 372 g/mol. The number of benzene rings is 2. The summed E-state index contributed by atoms with van der Waals surface area (Å²) in [5.74, 6) is 0. The molecule has 3 aromatic rings. The predicted molar refractivity (Wildman–Crippen MR) is 117 cm³/mol. The molecule has 0 fully saturated rings. The number of hydrogen-bond donors (Lipinski definition) is 0. The first-order valence-electron chi connectivity index (χ1n) is 9.77. The summed E-state index contributed by atoms with van der Waals surface area (Å²) in [5, 5.41) is 9.85. The maximum Gasteiger partial charge on any atom is 0.0579 e. The van der Waals surface area contributed by atoms with Crippen molar-refractivity contribution in [2.24, 2.45) is 0 Å². The van der Waals surface area contributed by atoms with E-state index in [9.17, 15) is 0 Å². The number of nitrogens with zero attached hydrogens (tertiary/aromatic N) is 3. The summed E-state index contributed by atoms with van der Waals surface area (Å²) >= 11 is 0. The van der Waals surface area contributed by atoms with Crippen molar-refractivity contribution in [3.63, 3.8) is 0 Å². The molecule has 28 heavy (non-hydrogen) atoms. The summed E-state index contributed by atoms with van der Waals surface area (Å²) in [6.07, 6.45) is 1.85. The molecule has 144 valence electrons. The minimum atomic E-state index is -0.267. The molecule has 1 heterocycles. The van der Waals surface area contributed by atoms with Crippen LogP contribution in [-0.2, 0) is 5.41 Å². The van der Waals surface area contributed by atoms with Crippen LogP contribution in [0, 0.1) is 27.7 Å². The van der Waals surface area contributed by atoms with Crippen LogP contribution in [0.1, 0.15) is 34.9 Å². The van der Waals surface area contributed by atoms with E-state index in [0.29, 0.717) is 13.1 Å². The van der Waals surface area contributed by atoms with E-state index >= 15 is 0 Å². The molecule has 2 aromatic carbocycles. The third-order valence-corrected chi connectivity index (χ3v) is 4.92. The molecule has 0 saturated heterocycles. The largest absolute Gasteiger partial charge is 0.284 e. The molecule has 0 spiro atoms. The van der Waals surface area contributed by atoms with Gasteiger partial charge in [-0.2, -0.15) is 0 Å². The Hall–Kier alpha value is -2.81. The van der Waals surface area contributed by atoms with Crippen LogP contribution in [0.2, 0.25) is 0 Å². The standard InChI is InChI=1S/C25H29N3/c1-18-10-19(2)13-22(12-18)27-16-25(5,24-8-6-7-9-26-24)17-28-23-14-20(3)11-21(4)15-23/h6-15H,16-17H2,1-5H3. The molecule has 0 aliphatic rings. The lowest BCUT2D eigenvalue weighted by molar-refractivity contribution is 0.429. The van der Waals surface area contributed by atoms with Gasteiger partial charge < -0.3 is 0 Å². The van der Waals surface area contributed by atoms with Gasteiger partial charge in [0.1, 0.15) is 0 Å². The zero-order chi connectivity index (χ0) is 20.1. The first kappa shape index (κ1) is 19.9. The second kappa shape index (κ2) is 8.47. The number of pyridine rings is 1. The van der Waals surface area contributed by atoms with E-state index in [4.69, 9.17) is 10.6 Å². The van der Waals surface area contributed by atoms with Crippen LogP contribution < -0.4 is 10.6 Å². The fourth-order valence-corrected chi connectivity index (χ4v) is 3.55. The van der Waals surface area contributed by atoms with Gasteiger partial charge in [-0.05, 0) is 86.3 Å². The SMILES string of the molecule is Cc1cc(C)cc([N]CC(C)(C[N]c2cc(C)cc(C)c2)c2ccccn2)c1. The lowest BCUT2D eigenvalue weighted by Crippen LogP contribution is -2.38. The van der Waals surface area contributed by atoms with Crippen molar-refractivity contribution in [1.29, 1.82) is 0 Å². The Bertz CT molecular complexity index is 836. The van der Waals surface area contributed by atoms with E-state index in [1.807, 2.05) is 18.3 Å². The van der Waals surface area contributed by atoms with Crippen molar-refractivity contribution in [2.45, 2.75) is 40.0 Å². The molecule has 0 unspecified atom stereocenters. The van der Waals surface area contributed by atoms with Crippen LogP contribution in [0.25, 0.3) is 0 Å². The van der Waals surface area contributed by atoms with Crippen molar-refractivity contribution in [2.75, 3.05) is 13.1 Å². The molecule has 0 aliphatic heterocycles. The summed E-state index contributed by atoms with van der Waals surface area (Å²) in [6, 6.07) is 18.9. The van der Waals surface area contributed by atoms with Gasteiger partial charge in [-0.3, -0.25) is 15.6 Å². The highest BCUT2D eigenvalue weighted by atomic mass is 14.9. The van der Waals surface area contributed by atoms with E-state index in [-0.39, 0.29) is 5.41 Å². The second-order valence-corrected chi connectivity index (χ2v) is 8.10. The zero-order valence-corrected chi connectivity index (χ0v) is 17.5. The van der Waals surface area contributed by atoms with Gasteiger partial charge in [0.2, 0.25) is 0 Å². The van der Waals surface area contributed by atoms with Crippen LogP contribution in [-0.4, -0.2) is 18.1 Å². The van der Waals surface area contributed by atoms with Gasteiger partial charge in [-0.15, -0.1) is 0 Å². The number of hydrogen-bond acceptors (Lipinski definition) is 1. The maximum absolute atomic E-state index is 4.92. The number of rotatable bonds is 7. The zero-order valence-electron chi connectivity index (χ0n) is 17.5. The Morgan fingerprint density at radius 1 is 0.714 bits per heavy atom. The van der Waals surface area contributed by atoms with Crippen molar-refractivity contribution >= 4 is 11.4 Å². The maximum atomic E-state index is 4.92. The van der Waals surface area contributed by atoms with Crippen LogP contribution in [0.4, 0.5) is 11.4 Å². The van der Waals surface area contributed by atoms with Crippen molar-refractivity contribution in [1.82, 2.24) is 15.6 Å². The summed E-state index contributed by atoms with van der Waals surface area (Å²) in [5.41, 5.74) is 7.73. The highest BCUT2D eigenvalue weighted by Gasteiger charge is 2.29. The fourth-order valence-electron chi connectivity index (χ4n) is 3.55. The molecule has 3 rings (SSSR count). The normalized spacial score (nSPS) is 11.3. The first-order chi connectivity index (χ1) is 13.3. The van der Waals surface area contributed by atoms with Gasteiger partial charge in [0.15, 0.2) is 0 Å². The van der Waals surface area contributed by atoms with Crippen LogP contribution in [0.15, 0.2) is 60.8 Å². The van der Waals surface area contributed by atoms with Crippen molar-refractivity contribution < 1.29 is 0 Å². The van der Waals surface area contributed by atoms with Gasteiger partial charge in [-0.25, -0.2) is 0 Å². The highest BCUT2D eigenvalue weighted by Crippen LogP contribution is 2.25. The fraction of sp³-hybridized carbons (Fsp3) is 0.320. The average Bonchev–Trinajstić information content (AvgIpc) is 2.64. The minimum absolute atomic E-state index is 0.267. The molecule has 1 aromatic heterocycles. The Balaban J connectivity index is 1.81. The Morgan fingerprint density at radius 3 is 1.57 bits per heavy atom. The smallest absolute Gasteiger partial charge is 0.0579 e. The lowest BCUT2D eigenvalue weighted by atomic mass is 9.85. The van der Waals surface area contributed by atoms with Crippen molar-refractivity contribution in [3.8, 4) is 0 Å². The minimum Gasteiger partial charge on any atom is -0.284 e. The van der Waals surface area contributed by atoms with Gasteiger partial charge >= 0.3 is 0 Å². The highest BCUT2D eigenvalue weighted by molar-refractivity contribution is 5.44. The molecule has 0 N–H and O–H groups in total. The number of aromatic nitrogens is 1. The second-order valence-electron chi connectivity index (χ2n) is 8.10. The molecular formula is C25H29N3. The summed E-state index contributed by atoms with van der Waals surface area (Å²) in [6.45, 7) is 11.9. The number of aryl methyl sites for hydroxylation is 4. The topological polar surface area (TPSA) is 41.1 Å². The molecule has 3 nitrogen and oxygen atoms in total. The molecule has 0 amide bonds. The van der Waals surface area contributed by atoms with Crippen LogP contribution in [0.5, 0.6) is 0 Å². The monoisotopic (exact) mass is 371 g/mol. The molecule has 0 aliphatic carbocycles. The Labute approximate surface area is 169 Å². The van der Waals surface area contributed by atoms with Crippen molar-refractivity contribution in [3.05, 3.63) is 88.7 Å². The van der Waals surface area contributed by atoms with Crippen LogP contribution in [0.3, 0.4) is 0 Å². The van der Waals surface area contributed by atoms with E-state index in [0.717, 1.165) is 17.1 Å². The van der Waals surface area contributed by atoms with E-state index in [2.05, 4.69) is 82.1 Å². The summed E-state index contributed by atoms with van der Waals surface area (Å²) in [7, 11) is 0. The van der Waals surface area contributed by atoms with Gasteiger partial charge in [0, 0.05) is 17.3 Å². The van der Waals surface area contributed by atoms with Gasteiger partial charge in [-0.1, -0.05) is 25.1 Å². The third kappa shape index (κ3) is 5.13. The van der Waals surface area contributed by atoms with E-state index < -0.39 is 0 Å². The molecular weight excluding hydrogens is 342 g/mol.